The number of nitrogens with one attached hydrogen (secondary N) is 1. The molecular weight excluding hydrogens is 323 g/mol. The summed E-state index contributed by atoms with van der Waals surface area (Å²) in [5.41, 5.74) is 5.60. The Bertz CT molecular complexity index is 763. The van der Waals surface area contributed by atoms with Crippen LogP contribution in [0.15, 0.2) is 41.3 Å². The van der Waals surface area contributed by atoms with Crippen molar-refractivity contribution in [2.75, 3.05) is 10.5 Å². The first-order chi connectivity index (χ1) is 9.31. The molecule has 5 nitrogen and oxygen atoms in total. The van der Waals surface area contributed by atoms with Crippen molar-refractivity contribution in [3.8, 4) is 5.75 Å². The van der Waals surface area contributed by atoms with Crippen molar-refractivity contribution in [2.24, 2.45) is 0 Å². The standard InChI is InChI=1S/C12H10Cl2N2O3S/c13-8-2-1-3-10(12(8)14)16-20(18,19)7-4-5-11(17)9(15)6-7/h1-6,16-17H,15H2. The Balaban J connectivity index is 2.41. The molecule has 0 aromatic heterocycles. The van der Waals surface area contributed by atoms with Crippen molar-refractivity contribution in [3.63, 3.8) is 0 Å². The van der Waals surface area contributed by atoms with Crippen LogP contribution in [0.2, 0.25) is 10.0 Å². The monoisotopic (exact) mass is 332 g/mol. The third-order valence-electron chi connectivity index (χ3n) is 2.51. The van der Waals surface area contributed by atoms with Gasteiger partial charge in [-0.1, -0.05) is 29.3 Å². The lowest BCUT2D eigenvalue weighted by Gasteiger charge is -2.11. The highest BCUT2D eigenvalue weighted by Gasteiger charge is 2.17. The number of phenolic OH excluding ortho intramolecular Hbond substituents is 1. The highest BCUT2D eigenvalue weighted by Crippen LogP contribution is 2.32. The SMILES string of the molecule is Nc1cc(S(=O)(=O)Nc2cccc(Cl)c2Cl)ccc1O. The zero-order valence-corrected chi connectivity index (χ0v) is 12.3. The molecule has 0 aliphatic rings. The van der Waals surface area contributed by atoms with Gasteiger partial charge in [0.2, 0.25) is 0 Å². The van der Waals surface area contributed by atoms with Gasteiger partial charge in [-0.15, -0.1) is 0 Å². The summed E-state index contributed by atoms with van der Waals surface area (Å²) in [6.07, 6.45) is 0. The lowest BCUT2D eigenvalue weighted by molar-refractivity contribution is 0.477. The number of hydrogen-bond donors (Lipinski definition) is 3. The van der Waals surface area contributed by atoms with E-state index in [2.05, 4.69) is 4.72 Å². The Morgan fingerprint density at radius 3 is 2.50 bits per heavy atom. The summed E-state index contributed by atoms with van der Waals surface area (Å²) < 4.78 is 26.7. The molecule has 20 heavy (non-hydrogen) atoms. The maximum absolute atomic E-state index is 12.2. The van der Waals surface area contributed by atoms with E-state index in [4.69, 9.17) is 28.9 Å². The average molecular weight is 333 g/mol. The highest BCUT2D eigenvalue weighted by atomic mass is 35.5. The Hall–Kier alpha value is -1.63. The van der Waals surface area contributed by atoms with Gasteiger partial charge >= 0.3 is 0 Å². The van der Waals surface area contributed by atoms with E-state index < -0.39 is 10.0 Å². The number of halogens is 2. The van der Waals surface area contributed by atoms with Gasteiger partial charge in [-0.25, -0.2) is 8.42 Å². The molecule has 0 amide bonds. The fraction of sp³-hybridized carbons (Fsp3) is 0. The van der Waals surface area contributed by atoms with Gasteiger partial charge in [0.25, 0.3) is 10.0 Å². The molecule has 4 N–H and O–H groups in total. The quantitative estimate of drug-likeness (QED) is 0.594. The van der Waals surface area contributed by atoms with Crippen LogP contribution in [-0.2, 0) is 10.0 Å². The van der Waals surface area contributed by atoms with E-state index >= 15 is 0 Å². The van der Waals surface area contributed by atoms with Crippen molar-refractivity contribution in [1.29, 1.82) is 0 Å². The number of nitrogens with two attached hydrogens (primary N) is 1. The first-order valence-corrected chi connectivity index (χ1v) is 7.60. The molecule has 106 valence electrons. The Morgan fingerprint density at radius 1 is 1.15 bits per heavy atom. The van der Waals surface area contributed by atoms with Gasteiger partial charge in [0.05, 0.1) is 26.3 Å². The number of sulfonamides is 1. The number of benzene rings is 2. The second-order valence-corrected chi connectivity index (χ2v) is 6.40. The first kappa shape index (κ1) is 14.8. The minimum Gasteiger partial charge on any atom is -0.506 e. The molecule has 0 spiro atoms. The van der Waals surface area contributed by atoms with E-state index in [1.807, 2.05) is 0 Å². The van der Waals surface area contributed by atoms with Crippen LogP contribution in [0.3, 0.4) is 0 Å². The fourth-order valence-corrected chi connectivity index (χ4v) is 3.00. The number of nitrogen functional groups attached to an aromatic ring is 1. The molecule has 0 aliphatic carbocycles. The summed E-state index contributed by atoms with van der Waals surface area (Å²) in [6, 6.07) is 8.17. The fourth-order valence-electron chi connectivity index (χ4n) is 1.49. The average Bonchev–Trinajstić information content (AvgIpc) is 2.38. The van der Waals surface area contributed by atoms with Gasteiger partial charge in [-0.3, -0.25) is 4.72 Å². The van der Waals surface area contributed by atoms with Crippen LogP contribution in [0.1, 0.15) is 0 Å². The Morgan fingerprint density at radius 2 is 1.85 bits per heavy atom. The topological polar surface area (TPSA) is 92.4 Å². The molecule has 0 saturated heterocycles. The van der Waals surface area contributed by atoms with Crippen LogP contribution >= 0.6 is 23.2 Å². The smallest absolute Gasteiger partial charge is 0.262 e. The lowest BCUT2D eigenvalue weighted by Crippen LogP contribution is -2.13. The number of anilines is 2. The number of rotatable bonds is 3. The maximum Gasteiger partial charge on any atom is 0.262 e. The van der Waals surface area contributed by atoms with Crippen molar-refractivity contribution in [1.82, 2.24) is 0 Å². The third kappa shape index (κ3) is 2.92. The molecule has 8 heteroatoms. The predicted octanol–water partition coefficient (Wildman–Crippen LogP) is 3.08. The molecule has 0 fully saturated rings. The van der Waals surface area contributed by atoms with Crippen LogP contribution in [0.4, 0.5) is 11.4 Å². The van der Waals surface area contributed by atoms with Crippen molar-refractivity contribution in [3.05, 3.63) is 46.4 Å². The number of aromatic hydroxyl groups is 1. The summed E-state index contributed by atoms with van der Waals surface area (Å²) in [5, 5.41) is 9.64. The van der Waals surface area contributed by atoms with E-state index in [-0.39, 0.29) is 32.1 Å². The van der Waals surface area contributed by atoms with E-state index in [0.717, 1.165) is 6.07 Å². The lowest BCUT2D eigenvalue weighted by atomic mass is 10.3. The van der Waals surface area contributed by atoms with Gasteiger partial charge in [-0.2, -0.15) is 0 Å². The van der Waals surface area contributed by atoms with Crippen LogP contribution in [0, 0.1) is 0 Å². The van der Waals surface area contributed by atoms with E-state index in [1.54, 1.807) is 12.1 Å². The normalized spacial score (nSPS) is 11.3. The van der Waals surface area contributed by atoms with Crippen LogP contribution in [-0.4, -0.2) is 13.5 Å². The van der Waals surface area contributed by atoms with Crippen molar-refractivity contribution < 1.29 is 13.5 Å². The molecule has 0 aliphatic heterocycles. The largest absolute Gasteiger partial charge is 0.506 e. The summed E-state index contributed by atoms with van der Waals surface area (Å²) in [6.45, 7) is 0. The number of hydrogen-bond acceptors (Lipinski definition) is 4. The molecule has 0 heterocycles. The van der Waals surface area contributed by atoms with E-state index in [1.165, 1.54) is 18.2 Å². The van der Waals surface area contributed by atoms with Crippen LogP contribution < -0.4 is 10.5 Å². The second-order valence-electron chi connectivity index (χ2n) is 3.93. The summed E-state index contributed by atoms with van der Waals surface area (Å²) in [5.74, 6) is -0.190. The highest BCUT2D eigenvalue weighted by molar-refractivity contribution is 7.92. The summed E-state index contributed by atoms with van der Waals surface area (Å²) in [7, 11) is -3.88. The van der Waals surface area contributed by atoms with E-state index in [0.29, 0.717) is 0 Å². The molecule has 0 unspecified atom stereocenters. The van der Waals surface area contributed by atoms with Gasteiger partial charge in [0.1, 0.15) is 5.75 Å². The van der Waals surface area contributed by atoms with Crippen molar-refractivity contribution in [2.45, 2.75) is 4.90 Å². The van der Waals surface area contributed by atoms with E-state index in [9.17, 15) is 13.5 Å². The zero-order chi connectivity index (χ0) is 14.9. The minimum absolute atomic E-state index is 0.0370. The molecule has 2 aromatic rings. The van der Waals surface area contributed by atoms with Crippen LogP contribution in [0.5, 0.6) is 5.75 Å². The molecule has 0 saturated carbocycles. The zero-order valence-electron chi connectivity index (χ0n) is 9.97. The van der Waals surface area contributed by atoms with Gasteiger partial charge in [-0.05, 0) is 30.3 Å². The molecule has 0 radical (unpaired) electrons. The molecule has 2 aromatic carbocycles. The van der Waals surface area contributed by atoms with Gasteiger partial charge < -0.3 is 10.8 Å². The molecule has 2 rings (SSSR count). The Kier molecular flexibility index (Phi) is 3.99. The molecule has 0 bridgehead atoms. The van der Waals surface area contributed by atoms with Crippen LogP contribution in [0.25, 0.3) is 0 Å². The Labute approximate surface area is 126 Å². The maximum atomic E-state index is 12.2. The summed E-state index contributed by atoms with van der Waals surface area (Å²) in [4.78, 5) is -0.0937. The van der Waals surface area contributed by atoms with Gasteiger partial charge in [0, 0.05) is 0 Å². The van der Waals surface area contributed by atoms with Gasteiger partial charge in [0.15, 0.2) is 0 Å². The third-order valence-corrected chi connectivity index (χ3v) is 4.69. The number of phenols is 1. The predicted molar refractivity (Wildman–Crippen MR) is 79.8 cm³/mol. The van der Waals surface area contributed by atoms with Crippen molar-refractivity contribution >= 4 is 44.6 Å². The first-order valence-electron chi connectivity index (χ1n) is 5.36. The second kappa shape index (κ2) is 5.40. The minimum atomic E-state index is -3.88. The molecule has 0 atom stereocenters. The molecular formula is C12H10Cl2N2O3S. The summed E-state index contributed by atoms with van der Waals surface area (Å²) >= 11 is 11.7.